The Morgan fingerprint density at radius 2 is 1.95 bits per heavy atom. The summed E-state index contributed by atoms with van der Waals surface area (Å²) in [6.07, 6.45) is 0. The van der Waals surface area contributed by atoms with Crippen molar-refractivity contribution in [1.82, 2.24) is 9.55 Å². The average Bonchev–Trinajstić information content (AvgIpc) is 2.73. The second kappa shape index (κ2) is 4.94. The first-order chi connectivity index (χ1) is 9.56. The summed E-state index contributed by atoms with van der Waals surface area (Å²) in [4.78, 5) is 4.44. The van der Waals surface area contributed by atoms with E-state index in [0.717, 1.165) is 21.2 Å². The Kier molecular flexibility index (Phi) is 3.26. The molecule has 102 valence electrons. The van der Waals surface area contributed by atoms with E-state index in [1.54, 1.807) is 0 Å². The third kappa shape index (κ3) is 2.20. The number of halogens is 1. The molecule has 0 aliphatic rings. The van der Waals surface area contributed by atoms with Crippen LogP contribution in [-0.4, -0.2) is 9.55 Å². The molecule has 0 saturated carbocycles. The van der Waals surface area contributed by atoms with E-state index in [9.17, 15) is 0 Å². The molecule has 0 aliphatic heterocycles. The fraction of sp³-hybridized carbons (Fsp3) is 0.188. The van der Waals surface area contributed by atoms with Gasteiger partial charge in [0.25, 0.3) is 0 Å². The van der Waals surface area contributed by atoms with Gasteiger partial charge in [-0.2, -0.15) is 0 Å². The van der Waals surface area contributed by atoms with E-state index in [1.165, 1.54) is 5.56 Å². The molecular formula is C16H16BrN3. The summed E-state index contributed by atoms with van der Waals surface area (Å²) in [5.41, 5.74) is 10.4. The topological polar surface area (TPSA) is 43.8 Å². The molecular weight excluding hydrogens is 314 g/mol. The Hall–Kier alpha value is -1.81. The molecule has 0 fully saturated rings. The van der Waals surface area contributed by atoms with E-state index in [2.05, 4.69) is 59.0 Å². The fourth-order valence-electron chi connectivity index (χ4n) is 2.37. The quantitative estimate of drug-likeness (QED) is 0.752. The van der Waals surface area contributed by atoms with Gasteiger partial charge in [-0.15, -0.1) is 0 Å². The highest BCUT2D eigenvalue weighted by atomic mass is 79.9. The van der Waals surface area contributed by atoms with Crippen molar-refractivity contribution < 1.29 is 0 Å². The standard InChI is InChI=1S/C16H16BrN3/c1-10(2)11-4-3-5-13(8-11)20-15-7-6-12(17)9-14(15)19-16(20)18/h3-10H,1-2H3,(H2,18,19). The van der Waals surface area contributed by atoms with Crippen LogP contribution in [0.15, 0.2) is 46.9 Å². The number of nitrogens with two attached hydrogens (primary N) is 1. The molecule has 0 unspecified atom stereocenters. The van der Waals surface area contributed by atoms with Crippen molar-refractivity contribution in [2.75, 3.05) is 5.73 Å². The Morgan fingerprint density at radius 3 is 2.70 bits per heavy atom. The molecule has 4 heteroatoms. The molecule has 1 heterocycles. The fourth-order valence-corrected chi connectivity index (χ4v) is 2.72. The van der Waals surface area contributed by atoms with E-state index < -0.39 is 0 Å². The third-order valence-corrected chi connectivity index (χ3v) is 3.93. The van der Waals surface area contributed by atoms with Gasteiger partial charge in [-0.25, -0.2) is 4.98 Å². The predicted molar refractivity (Wildman–Crippen MR) is 87.3 cm³/mol. The zero-order chi connectivity index (χ0) is 14.3. The van der Waals surface area contributed by atoms with Crippen molar-refractivity contribution in [3.8, 4) is 5.69 Å². The summed E-state index contributed by atoms with van der Waals surface area (Å²) >= 11 is 3.46. The smallest absolute Gasteiger partial charge is 0.205 e. The maximum Gasteiger partial charge on any atom is 0.205 e. The number of benzene rings is 2. The average molecular weight is 330 g/mol. The molecule has 0 amide bonds. The van der Waals surface area contributed by atoms with Crippen LogP contribution < -0.4 is 5.73 Å². The number of nitrogen functional groups attached to an aromatic ring is 1. The zero-order valence-electron chi connectivity index (χ0n) is 11.5. The zero-order valence-corrected chi connectivity index (χ0v) is 13.1. The van der Waals surface area contributed by atoms with Crippen molar-refractivity contribution in [2.24, 2.45) is 0 Å². The van der Waals surface area contributed by atoms with Crippen molar-refractivity contribution in [3.63, 3.8) is 0 Å². The highest BCUT2D eigenvalue weighted by Gasteiger charge is 2.11. The van der Waals surface area contributed by atoms with Crippen LogP contribution in [0, 0.1) is 0 Å². The van der Waals surface area contributed by atoms with Crippen LogP contribution in [0.25, 0.3) is 16.7 Å². The number of anilines is 1. The first kappa shape index (κ1) is 13.2. The van der Waals surface area contributed by atoms with Crippen molar-refractivity contribution in [3.05, 3.63) is 52.5 Å². The molecule has 20 heavy (non-hydrogen) atoms. The predicted octanol–water partition coefficient (Wildman–Crippen LogP) is 4.49. The molecule has 0 bridgehead atoms. The van der Waals surface area contributed by atoms with E-state index in [0.29, 0.717) is 11.9 Å². The second-order valence-corrected chi connectivity index (χ2v) is 6.10. The molecule has 0 spiro atoms. The summed E-state index contributed by atoms with van der Waals surface area (Å²) in [5.74, 6) is 0.999. The van der Waals surface area contributed by atoms with Gasteiger partial charge in [0.1, 0.15) is 0 Å². The van der Waals surface area contributed by atoms with Gasteiger partial charge < -0.3 is 5.73 Å². The summed E-state index contributed by atoms with van der Waals surface area (Å²) in [5, 5.41) is 0. The van der Waals surface area contributed by atoms with Crippen molar-refractivity contribution in [2.45, 2.75) is 19.8 Å². The van der Waals surface area contributed by atoms with Crippen LogP contribution >= 0.6 is 15.9 Å². The van der Waals surface area contributed by atoms with E-state index in [1.807, 2.05) is 22.8 Å². The van der Waals surface area contributed by atoms with Crippen LogP contribution in [0.3, 0.4) is 0 Å². The first-order valence-electron chi connectivity index (χ1n) is 6.60. The number of hydrogen-bond donors (Lipinski definition) is 1. The highest BCUT2D eigenvalue weighted by Crippen LogP contribution is 2.27. The van der Waals surface area contributed by atoms with Gasteiger partial charge in [0.05, 0.1) is 11.0 Å². The van der Waals surface area contributed by atoms with E-state index in [4.69, 9.17) is 5.73 Å². The summed E-state index contributed by atoms with van der Waals surface area (Å²) in [6.45, 7) is 4.37. The largest absolute Gasteiger partial charge is 0.369 e. The molecule has 0 atom stereocenters. The molecule has 0 saturated heterocycles. The van der Waals surface area contributed by atoms with Gasteiger partial charge in [-0.05, 0) is 41.8 Å². The maximum absolute atomic E-state index is 6.10. The lowest BCUT2D eigenvalue weighted by molar-refractivity contribution is 0.864. The molecule has 3 rings (SSSR count). The van der Waals surface area contributed by atoms with Crippen LogP contribution in [0.1, 0.15) is 25.3 Å². The minimum Gasteiger partial charge on any atom is -0.369 e. The van der Waals surface area contributed by atoms with Crippen LogP contribution in [0.5, 0.6) is 0 Å². The molecule has 2 N–H and O–H groups in total. The van der Waals surface area contributed by atoms with E-state index in [-0.39, 0.29) is 0 Å². The molecule has 3 nitrogen and oxygen atoms in total. The number of aromatic nitrogens is 2. The molecule has 0 aliphatic carbocycles. The van der Waals surface area contributed by atoms with Gasteiger partial charge in [0.2, 0.25) is 5.95 Å². The first-order valence-corrected chi connectivity index (χ1v) is 7.39. The second-order valence-electron chi connectivity index (χ2n) is 5.19. The maximum atomic E-state index is 6.10. The van der Waals surface area contributed by atoms with Gasteiger partial charge >= 0.3 is 0 Å². The van der Waals surface area contributed by atoms with Crippen molar-refractivity contribution in [1.29, 1.82) is 0 Å². The lowest BCUT2D eigenvalue weighted by Gasteiger charge is -2.10. The molecule has 1 aromatic heterocycles. The Morgan fingerprint density at radius 1 is 1.15 bits per heavy atom. The van der Waals surface area contributed by atoms with Crippen molar-refractivity contribution >= 4 is 32.9 Å². The number of fused-ring (bicyclic) bond motifs is 1. The molecule has 3 aromatic rings. The number of hydrogen-bond acceptors (Lipinski definition) is 2. The van der Waals surface area contributed by atoms with Gasteiger partial charge in [-0.1, -0.05) is 41.9 Å². The Balaban J connectivity index is 2.24. The van der Waals surface area contributed by atoms with Gasteiger partial charge in [0, 0.05) is 10.2 Å². The van der Waals surface area contributed by atoms with Crippen LogP contribution in [0.4, 0.5) is 5.95 Å². The molecule has 0 radical (unpaired) electrons. The van der Waals surface area contributed by atoms with Gasteiger partial charge in [0.15, 0.2) is 0 Å². The van der Waals surface area contributed by atoms with Crippen LogP contribution in [0.2, 0.25) is 0 Å². The highest BCUT2D eigenvalue weighted by molar-refractivity contribution is 9.10. The summed E-state index contributed by atoms with van der Waals surface area (Å²) < 4.78 is 3.00. The SMILES string of the molecule is CC(C)c1cccc(-n2c(N)nc3cc(Br)ccc32)c1. The van der Waals surface area contributed by atoms with E-state index >= 15 is 0 Å². The minimum absolute atomic E-state index is 0.486. The lowest BCUT2D eigenvalue weighted by Crippen LogP contribution is -2.01. The summed E-state index contributed by atoms with van der Waals surface area (Å²) in [7, 11) is 0. The Bertz CT molecular complexity index is 774. The Labute approximate surface area is 126 Å². The monoisotopic (exact) mass is 329 g/mol. The third-order valence-electron chi connectivity index (χ3n) is 3.44. The number of imidazole rings is 1. The molecule has 2 aromatic carbocycles. The number of rotatable bonds is 2. The summed E-state index contributed by atoms with van der Waals surface area (Å²) in [6, 6.07) is 14.5. The van der Waals surface area contributed by atoms with Crippen LogP contribution in [-0.2, 0) is 0 Å². The normalized spacial score (nSPS) is 11.4. The minimum atomic E-state index is 0.486. The van der Waals surface area contributed by atoms with Gasteiger partial charge in [-0.3, -0.25) is 4.57 Å². The number of nitrogens with zero attached hydrogens (tertiary/aromatic N) is 2. The lowest BCUT2D eigenvalue weighted by atomic mass is 10.0.